The van der Waals surface area contributed by atoms with Gasteiger partial charge in [0.15, 0.2) is 0 Å². The molecule has 0 unspecified atom stereocenters. The molecule has 0 heterocycles. The first kappa shape index (κ1) is 21.2. The molecule has 0 bridgehead atoms. The molecule has 0 N–H and O–H groups in total. The Labute approximate surface area is 140 Å². The Morgan fingerprint density at radius 3 is 1.00 bits per heavy atom. The summed E-state index contributed by atoms with van der Waals surface area (Å²) in [6.07, 6.45) is -1.41. The molecule has 18 heavy (non-hydrogen) atoms. The maximum atomic E-state index is 10.5. The predicted octanol–water partition coefficient (Wildman–Crippen LogP) is 4.31. The summed E-state index contributed by atoms with van der Waals surface area (Å²) in [5.41, 5.74) is 0. The Hall–Kier alpha value is 0.930. The van der Waals surface area contributed by atoms with Crippen LogP contribution in [0.5, 0.6) is 0 Å². The van der Waals surface area contributed by atoms with Gasteiger partial charge in [0.1, 0.15) is 0 Å². The molecular weight excluding hydrogens is 424 g/mol. The van der Waals surface area contributed by atoms with Crippen LogP contribution in [0.25, 0.3) is 0 Å². The van der Waals surface area contributed by atoms with E-state index in [2.05, 4.69) is 32.7 Å². The fraction of sp³-hybridized carbons (Fsp3) is 0.400. The first-order valence-electron chi connectivity index (χ1n) is 3.19. The third-order valence-corrected chi connectivity index (χ3v) is 1.46. The van der Waals surface area contributed by atoms with Crippen LogP contribution < -0.4 is 0 Å². The van der Waals surface area contributed by atoms with Crippen LogP contribution in [0.15, 0.2) is 0 Å². The van der Waals surface area contributed by atoms with Crippen LogP contribution in [0.4, 0.5) is 4.79 Å². The van der Waals surface area contributed by atoms with Crippen molar-refractivity contribution in [2.45, 2.75) is 7.96 Å². The number of alkyl halides is 6. The van der Waals surface area contributed by atoms with Crippen molar-refractivity contribution in [1.82, 2.24) is 0 Å². The lowest BCUT2D eigenvalue weighted by Gasteiger charge is -2.15. The van der Waals surface area contributed by atoms with Crippen LogP contribution in [-0.4, -0.2) is 24.6 Å². The lowest BCUT2D eigenvalue weighted by molar-refractivity contribution is -0.127. The minimum Gasteiger partial charge on any atom is -0.382 e. The summed E-state index contributed by atoms with van der Waals surface area (Å²) in [7, 11) is 0. The molecule has 13 heteroatoms. The molecule has 0 aromatic carbocycles. The normalized spacial score (nSPS) is 10.9. The van der Waals surface area contributed by atoms with E-state index in [0.717, 1.165) is 0 Å². The van der Waals surface area contributed by atoms with Crippen LogP contribution in [0.3, 0.4) is 0 Å². The lowest BCUT2D eigenvalue weighted by Crippen LogP contribution is -2.22. The molecule has 106 valence electrons. The van der Waals surface area contributed by atoms with E-state index in [9.17, 15) is 14.4 Å². The Morgan fingerprint density at radius 2 is 0.889 bits per heavy atom. The second-order valence-electron chi connectivity index (χ2n) is 1.89. The van der Waals surface area contributed by atoms with Gasteiger partial charge in [-0.15, -0.1) is 0 Å². The Balaban J connectivity index is 0. The van der Waals surface area contributed by atoms with Gasteiger partial charge in [0.25, 0.3) is 0 Å². The molecule has 0 aliphatic heterocycles. The van der Waals surface area contributed by atoms with Crippen molar-refractivity contribution in [3.05, 3.63) is 0 Å². The van der Waals surface area contributed by atoms with E-state index in [1.807, 2.05) is 0 Å². The largest absolute Gasteiger partial charge is 0.515 e. The van der Waals surface area contributed by atoms with Gasteiger partial charge >= 0.3 is 24.6 Å². The van der Waals surface area contributed by atoms with E-state index < -0.39 is 24.6 Å². The number of carbonyl (C=O) groups excluding carboxylic acids is 3. The van der Waals surface area contributed by atoms with Crippen LogP contribution >= 0.6 is 92.8 Å². The van der Waals surface area contributed by atoms with Gasteiger partial charge in [-0.2, -0.15) is 0 Å². The van der Waals surface area contributed by atoms with E-state index in [-0.39, 0.29) is 0 Å². The smallest absolute Gasteiger partial charge is 0.382 e. The van der Waals surface area contributed by atoms with Crippen molar-refractivity contribution in [3.63, 3.8) is 0 Å². The third kappa shape index (κ3) is 19.3. The highest BCUT2D eigenvalue weighted by atomic mass is 35.6. The molecule has 0 aliphatic carbocycles. The topological polar surface area (TPSA) is 69.7 Å². The number of carbonyl (C=O) groups is 3. The Bertz CT molecular complexity index is 287. The predicted molar refractivity (Wildman–Crippen MR) is 69.9 cm³/mol. The minimum absolute atomic E-state index is 1.14. The molecule has 0 aliphatic rings. The summed E-state index contributed by atoms with van der Waals surface area (Å²) in [6, 6.07) is 0. The Kier molecular flexibility index (Phi) is 10.6. The Morgan fingerprint density at radius 1 is 0.667 bits per heavy atom. The fourth-order valence-corrected chi connectivity index (χ4v) is 0.588. The first-order chi connectivity index (χ1) is 7.74. The summed E-state index contributed by atoms with van der Waals surface area (Å²) >= 11 is 39.2. The van der Waals surface area contributed by atoms with Crippen molar-refractivity contribution < 1.29 is 23.9 Å². The molecule has 0 amide bonds. The minimum atomic E-state index is -2.24. The van der Waals surface area contributed by atoms with Crippen molar-refractivity contribution in [1.29, 1.82) is 0 Å². The second-order valence-corrected chi connectivity index (χ2v) is 6.93. The van der Waals surface area contributed by atoms with E-state index >= 15 is 0 Å². The van der Waals surface area contributed by atoms with E-state index in [1.165, 1.54) is 0 Å². The number of hydrogen-bond donors (Lipinski definition) is 0. The summed E-state index contributed by atoms with van der Waals surface area (Å²) < 4.78 is 3.50. The van der Waals surface area contributed by atoms with Gasteiger partial charge in [-0.05, 0) is 92.8 Å². The summed E-state index contributed by atoms with van der Waals surface area (Å²) in [5.74, 6) is 0. The van der Waals surface area contributed by atoms with E-state index in [4.69, 9.17) is 69.6 Å². The first-order valence-corrected chi connectivity index (χ1v) is 6.21. The zero-order valence-corrected chi connectivity index (χ0v) is 13.6. The molecule has 0 aromatic heterocycles. The number of ether oxygens (including phenoxy) is 2. The summed E-state index contributed by atoms with van der Waals surface area (Å²) in [5, 5.41) is -2.28. The molecule has 0 spiro atoms. The molecule has 0 radical (unpaired) electrons. The average Bonchev–Trinajstić information content (AvgIpc) is 1.96. The molecule has 5 nitrogen and oxygen atoms in total. The van der Waals surface area contributed by atoms with Crippen molar-refractivity contribution in [2.75, 3.05) is 0 Å². The fourth-order valence-electron chi connectivity index (χ4n) is 0.210. The molecule has 0 atom stereocenters. The SMILES string of the molecule is O=C(Cl)C(=O)Cl.O=C(OC(Cl)(Cl)Cl)OC(Cl)(Cl)Cl. The van der Waals surface area contributed by atoms with Crippen molar-refractivity contribution in [3.8, 4) is 0 Å². The van der Waals surface area contributed by atoms with Crippen LogP contribution in [-0.2, 0) is 19.1 Å². The third-order valence-electron chi connectivity index (χ3n) is 0.553. The molecule has 0 saturated heterocycles. The lowest BCUT2D eigenvalue weighted by atomic mass is 10.9. The molecular formula is C5Cl8O5. The summed E-state index contributed by atoms with van der Waals surface area (Å²) in [6.45, 7) is 0. The average molecular weight is 424 g/mol. The highest BCUT2D eigenvalue weighted by Gasteiger charge is 2.32. The van der Waals surface area contributed by atoms with Crippen molar-refractivity contribution in [2.24, 2.45) is 0 Å². The molecule has 0 saturated carbocycles. The maximum absolute atomic E-state index is 10.5. The van der Waals surface area contributed by atoms with Gasteiger partial charge in [0, 0.05) is 0 Å². The van der Waals surface area contributed by atoms with Gasteiger partial charge in [0.05, 0.1) is 0 Å². The summed E-state index contributed by atoms with van der Waals surface area (Å²) in [4.78, 5) is 29.4. The van der Waals surface area contributed by atoms with Gasteiger partial charge in [-0.3, -0.25) is 9.59 Å². The molecule has 0 rings (SSSR count). The van der Waals surface area contributed by atoms with Crippen LogP contribution in [0.2, 0.25) is 0 Å². The van der Waals surface area contributed by atoms with E-state index in [1.54, 1.807) is 0 Å². The van der Waals surface area contributed by atoms with Gasteiger partial charge < -0.3 is 9.47 Å². The van der Waals surface area contributed by atoms with E-state index in [0.29, 0.717) is 0 Å². The zero-order chi connectivity index (χ0) is 15.1. The standard InChI is InChI=1S/C3Cl6O3.C2Cl2O2/c4-2(5,6)11-1(10)12-3(7,8)9;3-1(5)2(4)6. The van der Waals surface area contributed by atoms with Gasteiger partial charge in [-0.25, -0.2) is 4.79 Å². The molecule has 0 aromatic rings. The zero-order valence-electron chi connectivity index (χ0n) is 7.56. The van der Waals surface area contributed by atoms with Crippen LogP contribution in [0.1, 0.15) is 0 Å². The molecule has 0 fully saturated rings. The monoisotopic (exact) mass is 420 g/mol. The number of hydrogen-bond acceptors (Lipinski definition) is 5. The number of rotatable bonds is 1. The van der Waals surface area contributed by atoms with Crippen molar-refractivity contribution >= 4 is 109 Å². The maximum Gasteiger partial charge on any atom is 0.515 e. The van der Waals surface area contributed by atoms with Gasteiger partial charge in [0.2, 0.25) is 0 Å². The van der Waals surface area contributed by atoms with Crippen LogP contribution in [0, 0.1) is 0 Å². The second kappa shape index (κ2) is 8.97. The highest BCUT2D eigenvalue weighted by molar-refractivity contribution is 6.97. The number of halogens is 8. The highest BCUT2D eigenvalue weighted by Crippen LogP contribution is 2.32. The quantitative estimate of drug-likeness (QED) is 0.272. The van der Waals surface area contributed by atoms with Gasteiger partial charge in [-0.1, -0.05) is 0 Å².